The first kappa shape index (κ1) is 12.8. The Kier molecular flexibility index (Phi) is 2.75. The van der Waals surface area contributed by atoms with Gasteiger partial charge in [0.2, 0.25) is 0 Å². The van der Waals surface area contributed by atoms with E-state index in [4.69, 9.17) is 23.7 Å². The van der Waals surface area contributed by atoms with Gasteiger partial charge in [-0.3, -0.25) is 0 Å². The summed E-state index contributed by atoms with van der Waals surface area (Å²) in [5.41, 5.74) is 0. The predicted molar refractivity (Wildman–Crippen MR) is 59.6 cm³/mol. The van der Waals surface area contributed by atoms with E-state index < -0.39 is 24.0 Å². The van der Waals surface area contributed by atoms with Gasteiger partial charge in [-0.1, -0.05) is 0 Å². The maximum Gasteiger partial charge on any atom is 0.184 e. The van der Waals surface area contributed by atoms with Gasteiger partial charge in [-0.25, -0.2) is 0 Å². The molecule has 6 heteroatoms. The van der Waals surface area contributed by atoms with Crippen LogP contribution in [0.5, 0.6) is 0 Å². The third-order valence-electron chi connectivity index (χ3n) is 3.46. The first-order valence-electron chi connectivity index (χ1n) is 6.28. The van der Waals surface area contributed by atoms with Crippen LogP contribution in [0.2, 0.25) is 0 Å². The third-order valence-corrected chi connectivity index (χ3v) is 3.46. The highest BCUT2D eigenvalue weighted by Crippen LogP contribution is 2.41. The molecule has 3 heterocycles. The zero-order chi connectivity index (χ0) is 13.1. The summed E-state index contributed by atoms with van der Waals surface area (Å²) in [5, 5.41) is 9.87. The van der Waals surface area contributed by atoms with Crippen LogP contribution in [0.4, 0.5) is 0 Å². The fourth-order valence-corrected chi connectivity index (χ4v) is 2.78. The molecule has 0 amide bonds. The lowest BCUT2D eigenvalue weighted by molar-refractivity contribution is -0.236. The van der Waals surface area contributed by atoms with E-state index in [1.54, 1.807) is 0 Å². The minimum Gasteiger partial charge on any atom is -0.366 e. The smallest absolute Gasteiger partial charge is 0.184 e. The molecule has 0 saturated carbocycles. The Morgan fingerprint density at radius 2 is 1.56 bits per heavy atom. The average molecular weight is 260 g/mol. The monoisotopic (exact) mass is 260 g/mol. The van der Waals surface area contributed by atoms with Crippen LogP contribution in [0.25, 0.3) is 0 Å². The number of hydrogen-bond donors (Lipinski definition) is 1. The van der Waals surface area contributed by atoms with Crippen molar-refractivity contribution in [2.24, 2.45) is 0 Å². The Hall–Kier alpha value is -0.240. The van der Waals surface area contributed by atoms with E-state index in [9.17, 15) is 5.11 Å². The van der Waals surface area contributed by atoms with Crippen LogP contribution in [0.15, 0.2) is 0 Å². The van der Waals surface area contributed by atoms with E-state index in [0.29, 0.717) is 6.61 Å². The summed E-state index contributed by atoms with van der Waals surface area (Å²) in [5.74, 6) is -1.32. The molecule has 3 rings (SSSR count). The standard InChI is InChI=1S/C12H20O6/c1-11(2)14-5-6(16-11)7-8-9(10(13)15-7)18-12(3,4)17-8/h6-10,13H,5H2,1-4H3/t6?,7-,8-,9-,10?/m1/s1. The molecule has 0 aromatic carbocycles. The van der Waals surface area contributed by atoms with E-state index in [2.05, 4.69) is 0 Å². The highest BCUT2D eigenvalue weighted by Gasteiger charge is 2.58. The molecule has 1 N–H and O–H groups in total. The molecule has 0 aromatic heterocycles. The minimum atomic E-state index is -0.978. The second-order valence-corrected chi connectivity index (χ2v) is 5.92. The van der Waals surface area contributed by atoms with Crippen LogP contribution in [-0.4, -0.2) is 54.0 Å². The number of rotatable bonds is 1. The lowest BCUT2D eigenvalue weighted by Gasteiger charge is -2.26. The topological polar surface area (TPSA) is 66.4 Å². The molecule has 3 aliphatic rings. The zero-order valence-electron chi connectivity index (χ0n) is 11.1. The van der Waals surface area contributed by atoms with E-state index in [0.717, 1.165) is 0 Å². The van der Waals surface area contributed by atoms with E-state index >= 15 is 0 Å². The van der Waals surface area contributed by atoms with E-state index in [1.807, 2.05) is 27.7 Å². The molecule has 3 fully saturated rings. The number of hydrogen-bond acceptors (Lipinski definition) is 6. The molecule has 3 aliphatic heterocycles. The lowest BCUT2D eigenvalue weighted by atomic mass is 10.1. The summed E-state index contributed by atoms with van der Waals surface area (Å²) in [7, 11) is 0. The first-order valence-corrected chi connectivity index (χ1v) is 6.28. The van der Waals surface area contributed by atoms with Gasteiger partial charge in [-0.15, -0.1) is 0 Å². The van der Waals surface area contributed by atoms with E-state index in [-0.39, 0.29) is 18.3 Å². The first-order chi connectivity index (χ1) is 8.27. The summed E-state index contributed by atoms with van der Waals surface area (Å²) >= 11 is 0. The Bertz CT molecular complexity index is 341. The number of fused-ring (bicyclic) bond motifs is 1. The summed E-state index contributed by atoms with van der Waals surface area (Å²) in [6, 6.07) is 0. The van der Waals surface area contributed by atoms with Gasteiger partial charge in [0.15, 0.2) is 17.9 Å². The molecule has 0 aromatic rings. The van der Waals surface area contributed by atoms with Crippen molar-refractivity contribution in [3.63, 3.8) is 0 Å². The molecular formula is C12H20O6. The van der Waals surface area contributed by atoms with Crippen LogP contribution in [-0.2, 0) is 23.7 Å². The molecule has 0 aliphatic carbocycles. The van der Waals surface area contributed by atoms with Gasteiger partial charge in [0.25, 0.3) is 0 Å². The molecule has 0 radical (unpaired) electrons. The maximum absolute atomic E-state index is 9.87. The Morgan fingerprint density at radius 1 is 0.889 bits per heavy atom. The van der Waals surface area contributed by atoms with Crippen LogP contribution in [0.1, 0.15) is 27.7 Å². The zero-order valence-corrected chi connectivity index (χ0v) is 11.1. The molecular weight excluding hydrogens is 240 g/mol. The van der Waals surface area contributed by atoms with Crippen molar-refractivity contribution in [3.05, 3.63) is 0 Å². The van der Waals surface area contributed by atoms with Crippen molar-refractivity contribution in [2.45, 2.75) is 70.0 Å². The number of aliphatic hydroxyl groups excluding tert-OH is 1. The van der Waals surface area contributed by atoms with Crippen LogP contribution in [0, 0.1) is 0 Å². The van der Waals surface area contributed by atoms with Crippen molar-refractivity contribution in [1.82, 2.24) is 0 Å². The van der Waals surface area contributed by atoms with Gasteiger partial charge in [0.05, 0.1) is 6.61 Å². The Balaban J connectivity index is 1.75. The average Bonchev–Trinajstić information content (AvgIpc) is 2.81. The van der Waals surface area contributed by atoms with Gasteiger partial charge < -0.3 is 28.8 Å². The lowest BCUT2D eigenvalue weighted by Crippen LogP contribution is -2.40. The summed E-state index contributed by atoms with van der Waals surface area (Å²) < 4.78 is 28.2. The number of aliphatic hydroxyl groups is 1. The highest BCUT2D eigenvalue weighted by molar-refractivity contribution is 4.99. The number of ether oxygens (including phenoxy) is 5. The molecule has 104 valence electrons. The fraction of sp³-hybridized carbons (Fsp3) is 1.00. The van der Waals surface area contributed by atoms with Crippen LogP contribution in [0.3, 0.4) is 0 Å². The molecule has 18 heavy (non-hydrogen) atoms. The third kappa shape index (κ3) is 2.07. The van der Waals surface area contributed by atoms with Crippen molar-refractivity contribution in [1.29, 1.82) is 0 Å². The maximum atomic E-state index is 9.87. The van der Waals surface area contributed by atoms with Crippen molar-refractivity contribution < 1.29 is 28.8 Å². The molecule has 0 bridgehead atoms. The predicted octanol–water partition coefficient (Wildman–Crippen LogP) is 0.375. The van der Waals surface area contributed by atoms with Crippen molar-refractivity contribution >= 4 is 0 Å². The summed E-state index contributed by atoms with van der Waals surface area (Å²) in [6.07, 6.45) is -2.38. The summed E-state index contributed by atoms with van der Waals surface area (Å²) in [6.45, 7) is 7.78. The Morgan fingerprint density at radius 3 is 2.17 bits per heavy atom. The van der Waals surface area contributed by atoms with Gasteiger partial charge in [0, 0.05) is 0 Å². The largest absolute Gasteiger partial charge is 0.366 e. The summed E-state index contributed by atoms with van der Waals surface area (Å²) in [4.78, 5) is 0. The quantitative estimate of drug-likeness (QED) is 0.735. The van der Waals surface area contributed by atoms with Gasteiger partial charge >= 0.3 is 0 Å². The van der Waals surface area contributed by atoms with Crippen molar-refractivity contribution in [3.8, 4) is 0 Å². The van der Waals surface area contributed by atoms with E-state index in [1.165, 1.54) is 0 Å². The van der Waals surface area contributed by atoms with Gasteiger partial charge in [0.1, 0.15) is 24.4 Å². The van der Waals surface area contributed by atoms with Crippen molar-refractivity contribution in [2.75, 3.05) is 6.61 Å². The molecule has 2 unspecified atom stereocenters. The second kappa shape index (κ2) is 3.88. The SMILES string of the molecule is CC1(C)OCC([C@H]2OC(O)[C@@H]3OC(C)(C)O[C@H]23)O1. The molecule has 6 nitrogen and oxygen atoms in total. The fourth-order valence-electron chi connectivity index (χ4n) is 2.78. The van der Waals surface area contributed by atoms with Crippen LogP contribution < -0.4 is 0 Å². The molecule has 5 atom stereocenters. The van der Waals surface area contributed by atoms with Gasteiger partial charge in [-0.2, -0.15) is 0 Å². The normalized spacial score (nSPS) is 49.5. The van der Waals surface area contributed by atoms with Gasteiger partial charge in [-0.05, 0) is 27.7 Å². The second-order valence-electron chi connectivity index (χ2n) is 5.92. The highest BCUT2D eigenvalue weighted by atomic mass is 16.8. The van der Waals surface area contributed by atoms with Crippen LogP contribution >= 0.6 is 0 Å². The molecule has 3 saturated heterocycles. The molecule has 0 spiro atoms. The Labute approximate surface area is 106 Å². The minimum absolute atomic E-state index is 0.248.